The second-order valence-corrected chi connectivity index (χ2v) is 4.91. The number of fused-ring (bicyclic) bond motifs is 2. The molecule has 3 heterocycles. The summed E-state index contributed by atoms with van der Waals surface area (Å²) in [7, 11) is 0. The number of pyridine rings is 1. The molecule has 1 aliphatic rings. The Balaban J connectivity index is 1.88. The molecular weight excluding hydrogens is 234 g/mol. The van der Waals surface area contributed by atoms with Crippen molar-refractivity contribution < 1.29 is 4.57 Å². The summed E-state index contributed by atoms with van der Waals surface area (Å²) < 4.78 is 2.33. The van der Waals surface area contributed by atoms with Crippen LogP contribution >= 0.6 is 0 Å². The van der Waals surface area contributed by atoms with Gasteiger partial charge in [0.1, 0.15) is 0 Å². The fraction of sp³-hybridized carbons (Fsp3) is 0.125. The van der Waals surface area contributed by atoms with E-state index in [0.29, 0.717) is 0 Å². The largest absolute Gasteiger partial charge is 0.278 e. The second kappa shape index (κ2) is 4.05. The van der Waals surface area contributed by atoms with E-state index < -0.39 is 0 Å². The van der Waals surface area contributed by atoms with E-state index in [9.17, 15) is 0 Å². The molecule has 19 heavy (non-hydrogen) atoms. The Morgan fingerprint density at radius 2 is 1.89 bits per heavy atom. The van der Waals surface area contributed by atoms with Crippen LogP contribution in [0.25, 0.3) is 11.3 Å². The third kappa shape index (κ3) is 1.66. The maximum Gasteiger partial charge on any atom is 0.195 e. The van der Waals surface area contributed by atoms with E-state index in [1.165, 1.54) is 22.4 Å². The average molecular weight is 248 g/mol. The number of aromatic amines is 1. The van der Waals surface area contributed by atoms with Crippen molar-refractivity contribution in [3.8, 4) is 11.3 Å². The van der Waals surface area contributed by atoms with Gasteiger partial charge in [0.25, 0.3) is 0 Å². The number of hydrogen-bond donors (Lipinski definition) is 1. The molecule has 3 heteroatoms. The van der Waals surface area contributed by atoms with Crippen molar-refractivity contribution in [2.75, 3.05) is 0 Å². The van der Waals surface area contributed by atoms with E-state index in [0.717, 1.165) is 18.7 Å². The molecule has 0 saturated heterocycles. The Morgan fingerprint density at radius 1 is 1.00 bits per heavy atom. The topological polar surface area (TPSA) is 32.6 Å². The van der Waals surface area contributed by atoms with Crippen LogP contribution < -0.4 is 4.57 Å². The lowest BCUT2D eigenvalue weighted by Crippen LogP contribution is -2.42. The Hall–Kier alpha value is -2.42. The monoisotopic (exact) mass is 248 g/mol. The molecule has 0 spiro atoms. The molecule has 4 rings (SSSR count). The molecule has 1 aliphatic heterocycles. The van der Waals surface area contributed by atoms with Gasteiger partial charge in [0, 0.05) is 17.8 Å². The molecule has 2 aromatic heterocycles. The predicted octanol–water partition coefficient (Wildman–Crippen LogP) is 2.32. The third-order valence-electron chi connectivity index (χ3n) is 3.79. The third-order valence-corrected chi connectivity index (χ3v) is 3.79. The highest BCUT2D eigenvalue weighted by Crippen LogP contribution is 2.25. The van der Waals surface area contributed by atoms with Gasteiger partial charge in [-0.15, -0.1) is 0 Å². The maximum absolute atomic E-state index is 4.06. The number of rotatable bonds is 1. The lowest BCUT2D eigenvalue weighted by atomic mass is 9.95. The van der Waals surface area contributed by atoms with Gasteiger partial charge in [-0.1, -0.05) is 24.3 Å². The number of hydrogen-bond acceptors (Lipinski definition) is 1. The van der Waals surface area contributed by atoms with E-state index >= 15 is 0 Å². The highest BCUT2D eigenvalue weighted by atomic mass is 15.1. The van der Waals surface area contributed by atoms with Gasteiger partial charge < -0.3 is 0 Å². The van der Waals surface area contributed by atoms with E-state index in [1.54, 1.807) is 6.20 Å². The Morgan fingerprint density at radius 3 is 2.74 bits per heavy atom. The number of aromatic nitrogens is 3. The summed E-state index contributed by atoms with van der Waals surface area (Å²) in [5, 5.41) is 7.12. The van der Waals surface area contributed by atoms with Crippen LogP contribution in [0.3, 0.4) is 0 Å². The van der Waals surface area contributed by atoms with E-state index in [2.05, 4.69) is 57.4 Å². The SMILES string of the molecule is c1ccc2c(c1)Cc1c(-c3ccn[nH]3)ccc[n+]1C2. The molecule has 1 N–H and O–H groups in total. The molecule has 0 radical (unpaired) electrons. The number of H-pyrrole nitrogens is 1. The molecule has 0 saturated carbocycles. The lowest BCUT2D eigenvalue weighted by molar-refractivity contribution is -0.697. The van der Waals surface area contributed by atoms with Gasteiger partial charge in [0.2, 0.25) is 0 Å². The smallest absolute Gasteiger partial charge is 0.195 e. The molecule has 92 valence electrons. The molecule has 1 aromatic carbocycles. The van der Waals surface area contributed by atoms with Crippen LogP contribution in [-0.4, -0.2) is 10.2 Å². The summed E-state index contributed by atoms with van der Waals surface area (Å²) in [5.74, 6) is 0. The first kappa shape index (κ1) is 10.5. The Labute approximate surface area is 111 Å². The lowest BCUT2D eigenvalue weighted by Gasteiger charge is -2.16. The van der Waals surface area contributed by atoms with Gasteiger partial charge in [-0.25, -0.2) is 0 Å². The van der Waals surface area contributed by atoms with E-state index in [1.807, 2.05) is 6.07 Å². The number of benzene rings is 1. The van der Waals surface area contributed by atoms with Crippen LogP contribution in [0.5, 0.6) is 0 Å². The molecule has 3 aromatic rings. The van der Waals surface area contributed by atoms with Gasteiger partial charge in [-0.2, -0.15) is 9.67 Å². The van der Waals surface area contributed by atoms with Crippen LogP contribution in [0, 0.1) is 0 Å². The molecule has 0 fully saturated rings. The summed E-state index contributed by atoms with van der Waals surface area (Å²) >= 11 is 0. The zero-order valence-corrected chi connectivity index (χ0v) is 10.5. The van der Waals surface area contributed by atoms with Crippen molar-refractivity contribution in [3.63, 3.8) is 0 Å². The Bertz CT molecular complexity index is 730. The predicted molar refractivity (Wildman–Crippen MR) is 72.6 cm³/mol. The minimum Gasteiger partial charge on any atom is -0.278 e. The highest BCUT2D eigenvalue weighted by Gasteiger charge is 2.24. The molecular formula is C16H14N3+. The summed E-state index contributed by atoms with van der Waals surface area (Å²) in [5.41, 5.74) is 6.53. The standard InChI is InChI=1S/C16H14N3/c1-2-5-13-11-19-9-3-6-14(15-7-8-17-18-15)16(19)10-12(13)4-1/h1-9H,10-11H2,(H,17,18)/q+1. The average Bonchev–Trinajstić information content (AvgIpc) is 2.98. The van der Waals surface area contributed by atoms with Crippen molar-refractivity contribution >= 4 is 0 Å². The van der Waals surface area contributed by atoms with Crippen molar-refractivity contribution in [2.45, 2.75) is 13.0 Å². The van der Waals surface area contributed by atoms with Crippen molar-refractivity contribution in [3.05, 3.63) is 71.7 Å². The zero-order chi connectivity index (χ0) is 12.7. The summed E-state index contributed by atoms with van der Waals surface area (Å²) in [6.45, 7) is 0.952. The van der Waals surface area contributed by atoms with Gasteiger partial charge in [-0.05, 0) is 17.7 Å². The van der Waals surface area contributed by atoms with Gasteiger partial charge in [0.15, 0.2) is 18.4 Å². The molecule has 0 atom stereocenters. The first-order valence-corrected chi connectivity index (χ1v) is 6.50. The highest BCUT2D eigenvalue weighted by molar-refractivity contribution is 5.61. The zero-order valence-electron chi connectivity index (χ0n) is 10.5. The van der Waals surface area contributed by atoms with Gasteiger partial charge >= 0.3 is 0 Å². The van der Waals surface area contributed by atoms with Gasteiger partial charge in [-0.3, -0.25) is 5.10 Å². The van der Waals surface area contributed by atoms with Crippen LogP contribution in [0.4, 0.5) is 0 Å². The van der Waals surface area contributed by atoms with Crippen LogP contribution in [-0.2, 0) is 13.0 Å². The minimum absolute atomic E-state index is 0.952. The molecule has 0 bridgehead atoms. The summed E-state index contributed by atoms with van der Waals surface area (Å²) in [6, 6.07) is 15.0. The van der Waals surface area contributed by atoms with Crippen LogP contribution in [0.1, 0.15) is 16.8 Å². The molecule has 0 aliphatic carbocycles. The number of nitrogens with zero attached hydrogens (tertiary/aromatic N) is 2. The first-order valence-electron chi connectivity index (χ1n) is 6.50. The molecule has 0 amide bonds. The van der Waals surface area contributed by atoms with E-state index in [-0.39, 0.29) is 0 Å². The van der Waals surface area contributed by atoms with Crippen LogP contribution in [0.2, 0.25) is 0 Å². The van der Waals surface area contributed by atoms with Crippen LogP contribution in [0.15, 0.2) is 54.9 Å². The maximum atomic E-state index is 4.06. The fourth-order valence-electron chi connectivity index (χ4n) is 2.83. The van der Waals surface area contributed by atoms with Crippen molar-refractivity contribution in [1.82, 2.24) is 10.2 Å². The first-order chi connectivity index (χ1) is 9.42. The molecule has 3 nitrogen and oxygen atoms in total. The fourth-order valence-corrected chi connectivity index (χ4v) is 2.83. The van der Waals surface area contributed by atoms with Gasteiger partial charge in [0.05, 0.1) is 17.7 Å². The van der Waals surface area contributed by atoms with Crippen molar-refractivity contribution in [2.24, 2.45) is 0 Å². The second-order valence-electron chi connectivity index (χ2n) is 4.91. The quantitative estimate of drug-likeness (QED) is 0.515. The van der Waals surface area contributed by atoms with Crippen molar-refractivity contribution in [1.29, 1.82) is 0 Å². The Kier molecular flexibility index (Phi) is 2.24. The van der Waals surface area contributed by atoms with E-state index in [4.69, 9.17) is 0 Å². The normalized spacial score (nSPS) is 12.8. The molecule has 0 unspecified atom stereocenters. The summed E-state index contributed by atoms with van der Waals surface area (Å²) in [6.07, 6.45) is 4.94. The summed E-state index contributed by atoms with van der Waals surface area (Å²) in [4.78, 5) is 0. The minimum atomic E-state index is 0.952. The number of nitrogens with one attached hydrogen (secondary N) is 1.